The number of likely N-dealkylation sites (tertiary alicyclic amines) is 1. The van der Waals surface area contributed by atoms with E-state index < -0.39 is 17.7 Å². The first-order valence-corrected chi connectivity index (χ1v) is 12.3. The topological polar surface area (TPSA) is 94.5 Å². The number of ketones is 1. The van der Waals surface area contributed by atoms with Crippen LogP contribution in [0, 0.1) is 0 Å². The third kappa shape index (κ3) is 4.42. The number of nitrogens with zero attached hydrogens (tertiary/aromatic N) is 1. The molecule has 0 aliphatic carbocycles. The number of carbonyl (C=O) groups is 2. The third-order valence-electron chi connectivity index (χ3n) is 6.98. The van der Waals surface area contributed by atoms with Crippen molar-refractivity contribution in [2.45, 2.75) is 25.4 Å². The van der Waals surface area contributed by atoms with Gasteiger partial charge in [0.1, 0.15) is 17.3 Å². The molecule has 1 amide bonds. The normalized spacial score (nSPS) is 18.1. The first kappa shape index (κ1) is 25.2. The van der Waals surface area contributed by atoms with Crippen LogP contribution in [0.25, 0.3) is 5.76 Å². The Morgan fingerprint density at radius 1 is 0.947 bits per heavy atom. The van der Waals surface area contributed by atoms with Crippen LogP contribution < -0.4 is 18.9 Å². The molecule has 8 heteroatoms. The summed E-state index contributed by atoms with van der Waals surface area (Å²) >= 11 is 0. The van der Waals surface area contributed by atoms with Crippen molar-refractivity contribution in [3.05, 3.63) is 88.5 Å². The highest BCUT2D eigenvalue weighted by molar-refractivity contribution is 6.46. The number of ether oxygens (including phenoxy) is 4. The Bertz CT molecular complexity index is 1430. The fourth-order valence-corrected chi connectivity index (χ4v) is 5.09. The average molecular weight is 516 g/mol. The molecule has 1 saturated heterocycles. The fourth-order valence-electron chi connectivity index (χ4n) is 5.09. The summed E-state index contributed by atoms with van der Waals surface area (Å²) in [4.78, 5) is 28.4. The third-order valence-corrected chi connectivity index (χ3v) is 6.98. The molecule has 0 saturated carbocycles. The second kappa shape index (κ2) is 10.5. The van der Waals surface area contributed by atoms with Crippen LogP contribution in [0.2, 0.25) is 0 Å². The molecular weight excluding hydrogens is 486 g/mol. The van der Waals surface area contributed by atoms with Crippen LogP contribution in [0.15, 0.2) is 66.2 Å². The predicted molar refractivity (Wildman–Crippen MR) is 141 cm³/mol. The number of Topliss-reactive ketones (excluding diaryl/α,β-unsaturated/α-hetero) is 1. The number of methoxy groups -OCH3 is 3. The zero-order chi connectivity index (χ0) is 26.8. The second-order valence-electron chi connectivity index (χ2n) is 9.13. The molecule has 1 N–H and O–H groups in total. The van der Waals surface area contributed by atoms with E-state index in [1.54, 1.807) is 43.5 Å². The van der Waals surface area contributed by atoms with Gasteiger partial charge < -0.3 is 29.0 Å². The molecule has 1 atom stereocenters. The average Bonchev–Trinajstić information content (AvgIpc) is 3.21. The van der Waals surface area contributed by atoms with Gasteiger partial charge in [-0.25, -0.2) is 0 Å². The minimum absolute atomic E-state index is 0.00814. The molecule has 0 spiro atoms. The maximum absolute atomic E-state index is 13.5. The number of aliphatic hydroxyl groups is 1. The summed E-state index contributed by atoms with van der Waals surface area (Å²) in [5, 5.41) is 11.5. The molecule has 0 bridgehead atoms. The minimum Gasteiger partial charge on any atom is -0.507 e. The van der Waals surface area contributed by atoms with Crippen LogP contribution >= 0.6 is 0 Å². The standard InChI is InChI=1S/C30H29NO7/c1-35-22-9-5-4-7-21(22)17-31-27(19-10-13-24(36-2)25(16-19)37-3)26(29(33)30(31)34)28(32)20-11-12-23-18(15-20)8-6-14-38-23/h4-5,7,9-13,15-16,27,32H,6,8,14,17H2,1-3H3/b28-26+. The molecule has 8 nitrogen and oxygen atoms in total. The van der Waals surface area contributed by atoms with Gasteiger partial charge in [0, 0.05) is 11.1 Å². The molecule has 3 aromatic rings. The lowest BCUT2D eigenvalue weighted by Crippen LogP contribution is -2.29. The molecule has 2 aliphatic heterocycles. The largest absolute Gasteiger partial charge is 0.507 e. The Hall–Kier alpha value is -4.46. The number of carbonyl (C=O) groups excluding carboxylic acids is 2. The first-order valence-electron chi connectivity index (χ1n) is 12.3. The Labute approximate surface area is 221 Å². The Balaban J connectivity index is 1.67. The maximum Gasteiger partial charge on any atom is 0.295 e. The van der Waals surface area contributed by atoms with E-state index in [9.17, 15) is 14.7 Å². The summed E-state index contributed by atoms with van der Waals surface area (Å²) in [6, 6.07) is 17.0. The summed E-state index contributed by atoms with van der Waals surface area (Å²) in [5.41, 5.74) is 2.74. The summed E-state index contributed by atoms with van der Waals surface area (Å²) < 4.78 is 22.1. The van der Waals surface area contributed by atoms with Crippen LogP contribution in [-0.2, 0) is 22.6 Å². The molecule has 38 heavy (non-hydrogen) atoms. The predicted octanol–water partition coefficient (Wildman–Crippen LogP) is 4.66. The zero-order valence-corrected chi connectivity index (χ0v) is 21.5. The molecule has 0 radical (unpaired) electrons. The highest BCUT2D eigenvalue weighted by atomic mass is 16.5. The number of para-hydroxylation sites is 1. The van der Waals surface area contributed by atoms with Crippen molar-refractivity contribution < 1.29 is 33.6 Å². The Kier molecular flexibility index (Phi) is 6.96. The van der Waals surface area contributed by atoms with Crippen molar-refractivity contribution in [3.63, 3.8) is 0 Å². The number of rotatable bonds is 7. The number of aryl methyl sites for hydroxylation is 1. The van der Waals surface area contributed by atoms with Gasteiger partial charge in [0.25, 0.3) is 11.7 Å². The Morgan fingerprint density at radius 2 is 1.71 bits per heavy atom. The molecule has 1 fully saturated rings. The van der Waals surface area contributed by atoms with Crippen LogP contribution in [0.1, 0.15) is 34.7 Å². The van der Waals surface area contributed by atoms with Gasteiger partial charge in [0.05, 0.1) is 46.1 Å². The van der Waals surface area contributed by atoms with Crippen LogP contribution in [0.4, 0.5) is 0 Å². The van der Waals surface area contributed by atoms with E-state index in [2.05, 4.69) is 0 Å². The molecule has 3 aromatic carbocycles. The van der Waals surface area contributed by atoms with Gasteiger partial charge in [-0.2, -0.15) is 0 Å². The highest BCUT2D eigenvalue weighted by Gasteiger charge is 2.46. The summed E-state index contributed by atoms with van der Waals surface area (Å²) in [6.45, 7) is 0.744. The van der Waals surface area contributed by atoms with Crippen LogP contribution in [-0.4, -0.2) is 49.6 Å². The second-order valence-corrected chi connectivity index (χ2v) is 9.13. The van der Waals surface area contributed by atoms with E-state index in [1.807, 2.05) is 24.3 Å². The smallest absolute Gasteiger partial charge is 0.295 e. The summed E-state index contributed by atoms with van der Waals surface area (Å²) in [7, 11) is 4.60. The quantitative estimate of drug-likeness (QED) is 0.278. The fraction of sp³-hybridized carbons (Fsp3) is 0.267. The number of amides is 1. The van der Waals surface area contributed by atoms with E-state index in [-0.39, 0.29) is 17.9 Å². The molecule has 5 rings (SSSR count). The van der Waals surface area contributed by atoms with Gasteiger partial charge in [-0.15, -0.1) is 0 Å². The van der Waals surface area contributed by atoms with Gasteiger partial charge in [0.15, 0.2) is 11.5 Å². The number of aliphatic hydroxyl groups excluding tert-OH is 1. The number of hydrogen-bond acceptors (Lipinski definition) is 7. The number of fused-ring (bicyclic) bond motifs is 1. The van der Waals surface area contributed by atoms with E-state index in [4.69, 9.17) is 18.9 Å². The van der Waals surface area contributed by atoms with Crippen molar-refractivity contribution in [2.75, 3.05) is 27.9 Å². The first-order chi connectivity index (χ1) is 18.5. The summed E-state index contributed by atoms with van der Waals surface area (Å²) in [5.74, 6) is 0.603. The lowest BCUT2D eigenvalue weighted by molar-refractivity contribution is -0.140. The monoisotopic (exact) mass is 515 g/mol. The summed E-state index contributed by atoms with van der Waals surface area (Å²) in [6.07, 6.45) is 1.67. The van der Waals surface area contributed by atoms with Crippen LogP contribution in [0.3, 0.4) is 0 Å². The molecule has 196 valence electrons. The van der Waals surface area contributed by atoms with Gasteiger partial charge in [0.2, 0.25) is 0 Å². The molecule has 2 aliphatic rings. The molecular formula is C30H29NO7. The SMILES string of the molecule is COc1ccccc1CN1C(=O)C(=O)/C(=C(/O)c2ccc3c(c2)CCCO3)C1c1ccc(OC)c(OC)c1. The van der Waals surface area contributed by atoms with Gasteiger partial charge >= 0.3 is 0 Å². The Morgan fingerprint density at radius 3 is 2.47 bits per heavy atom. The van der Waals surface area contributed by atoms with Crippen LogP contribution in [0.5, 0.6) is 23.0 Å². The lowest BCUT2D eigenvalue weighted by atomic mass is 9.93. The number of hydrogen-bond donors (Lipinski definition) is 1. The van der Waals surface area contributed by atoms with Crippen molar-refractivity contribution in [2.24, 2.45) is 0 Å². The van der Waals surface area contributed by atoms with E-state index in [0.717, 1.165) is 29.7 Å². The zero-order valence-electron chi connectivity index (χ0n) is 21.5. The van der Waals surface area contributed by atoms with E-state index >= 15 is 0 Å². The highest BCUT2D eigenvalue weighted by Crippen LogP contribution is 2.43. The van der Waals surface area contributed by atoms with E-state index in [0.29, 0.717) is 35.0 Å². The van der Waals surface area contributed by atoms with Gasteiger partial charge in [-0.3, -0.25) is 9.59 Å². The van der Waals surface area contributed by atoms with Crippen molar-refractivity contribution in [1.82, 2.24) is 4.90 Å². The minimum atomic E-state index is -0.869. The van der Waals surface area contributed by atoms with Crippen molar-refractivity contribution in [1.29, 1.82) is 0 Å². The molecule has 1 unspecified atom stereocenters. The maximum atomic E-state index is 13.5. The molecule has 2 heterocycles. The lowest BCUT2D eigenvalue weighted by Gasteiger charge is -2.26. The van der Waals surface area contributed by atoms with Crippen molar-refractivity contribution in [3.8, 4) is 23.0 Å². The van der Waals surface area contributed by atoms with Gasteiger partial charge in [-0.1, -0.05) is 24.3 Å². The molecule has 0 aromatic heterocycles. The number of benzene rings is 3. The van der Waals surface area contributed by atoms with E-state index in [1.165, 1.54) is 19.1 Å². The van der Waals surface area contributed by atoms with Crippen molar-refractivity contribution >= 4 is 17.4 Å². The van der Waals surface area contributed by atoms with Gasteiger partial charge in [-0.05, 0) is 60.4 Å².